The van der Waals surface area contributed by atoms with E-state index in [1.54, 1.807) is 0 Å². The van der Waals surface area contributed by atoms with E-state index in [0.29, 0.717) is 41.1 Å². The monoisotopic (exact) mass is 281 g/mol. The Morgan fingerprint density at radius 2 is 2.24 bits per heavy atom. The molecule has 1 N–H and O–H groups in total. The average Bonchev–Trinajstić information content (AvgIpc) is 2.95. The molecule has 0 bridgehead atoms. The van der Waals surface area contributed by atoms with E-state index >= 15 is 0 Å². The average molecular weight is 281 g/mol. The summed E-state index contributed by atoms with van der Waals surface area (Å²) in [7, 11) is 0. The van der Waals surface area contributed by atoms with Gasteiger partial charge in [0.05, 0.1) is 17.5 Å². The first-order valence-corrected chi connectivity index (χ1v) is 6.88. The second kappa shape index (κ2) is 5.06. The van der Waals surface area contributed by atoms with Crippen molar-refractivity contribution in [2.45, 2.75) is 26.7 Å². The van der Waals surface area contributed by atoms with Gasteiger partial charge in [-0.25, -0.2) is 4.98 Å². The van der Waals surface area contributed by atoms with Crippen LogP contribution in [0.4, 0.5) is 0 Å². The number of hydrogen-bond acceptors (Lipinski definition) is 4. The number of H-pyrrole nitrogens is 1. The van der Waals surface area contributed by atoms with E-state index in [0.717, 1.165) is 17.5 Å². The summed E-state index contributed by atoms with van der Waals surface area (Å²) in [5.41, 5.74) is 2.66. The maximum absolute atomic E-state index is 12.3. The lowest BCUT2D eigenvalue weighted by atomic mass is 10.1. The maximum Gasteiger partial charge on any atom is 0.259 e. The number of nitrogens with zero attached hydrogens (tertiary/aromatic N) is 2. The molecule has 0 spiro atoms. The Kier molecular flexibility index (Phi) is 3.22. The van der Waals surface area contributed by atoms with Crippen LogP contribution in [0.15, 0.2) is 22.7 Å². The van der Waals surface area contributed by atoms with Gasteiger partial charge in [0.1, 0.15) is 17.4 Å². The zero-order valence-electron chi connectivity index (χ0n) is 12.0. The molecule has 1 saturated heterocycles. The van der Waals surface area contributed by atoms with E-state index in [-0.39, 0.29) is 5.56 Å². The van der Waals surface area contributed by atoms with Crippen LogP contribution >= 0.6 is 0 Å². The van der Waals surface area contributed by atoms with Crippen LogP contribution in [0.5, 0.6) is 0 Å². The third kappa shape index (κ3) is 2.29. The number of nitrogens with one attached hydrogen (secondary N) is 1. The van der Waals surface area contributed by atoms with Crippen LogP contribution in [-0.2, 0) is 4.74 Å². The molecule has 106 valence electrons. The van der Waals surface area contributed by atoms with Gasteiger partial charge in [-0.1, -0.05) is 6.07 Å². The van der Waals surface area contributed by atoms with Crippen molar-refractivity contribution in [3.05, 3.63) is 45.2 Å². The molecule has 5 nitrogen and oxygen atoms in total. The molecule has 1 aliphatic heterocycles. The standard InChI is InChI=1S/C16H15N3O2/c1-9-6-10(2)14-11(7-9)16(20)19-15(18-14)12(8-17)13-4-3-5-21-13/h6-7H,3-5H2,1-2H3,(H,18,19,20)/b13-12+. The molecule has 2 aromatic rings. The van der Waals surface area contributed by atoms with Crippen molar-refractivity contribution < 1.29 is 4.74 Å². The Bertz CT molecular complexity index is 848. The molecule has 0 aliphatic carbocycles. The molecule has 5 heteroatoms. The molecule has 0 atom stereocenters. The van der Waals surface area contributed by atoms with Gasteiger partial charge in [-0.05, 0) is 37.5 Å². The van der Waals surface area contributed by atoms with Gasteiger partial charge in [0.25, 0.3) is 5.56 Å². The number of fused-ring (bicyclic) bond motifs is 1. The van der Waals surface area contributed by atoms with E-state index in [4.69, 9.17) is 4.74 Å². The molecule has 2 heterocycles. The largest absolute Gasteiger partial charge is 0.496 e. The Hall–Kier alpha value is -2.61. The highest BCUT2D eigenvalue weighted by Crippen LogP contribution is 2.25. The smallest absolute Gasteiger partial charge is 0.259 e. The van der Waals surface area contributed by atoms with Crippen molar-refractivity contribution in [1.82, 2.24) is 9.97 Å². The van der Waals surface area contributed by atoms with Crippen LogP contribution < -0.4 is 5.56 Å². The highest BCUT2D eigenvalue weighted by molar-refractivity contribution is 5.84. The lowest BCUT2D eigenvalue weighted by Gasteiger charge is -2.07. The molecule has 0 saturated carbocycles. The number of aromatic nitrogens is 2. The van der Waals surface area contributed by atoms with Crippen LogP contribution in [0.2, 0.25) is 0 Å². The van der Waals surface area contributed by atoms with Crippen molar-refractivity contribution in [2.24, 2.45) is 0 Å². The van der Waals surface area contributed by atoms with Gasteiger partial charge in [0, 0.05) is 6.42 Å². The fourth-order valence-corrected chi connectivity index (χ4v) is 2.66. The summed E-state index contributed by atoms with van der Waals surface area (Å²) in [5.74, 6) is 0.906. The summed E-state index contributed by atoms with van der Waals surface area (Å²) >= 11 is 0. The van der Waals surface area contributed by atoms with E-state index in [1.807, 2.05) is 26.0 Å². The molecule has 3 rings (SSSR count). The molecule has 1 fully saturated rings. The Morgan fingerprint density at radius 3 is 2.90 bits per heavy atom. The summed E-state index contributed by atoms with van der Waals surface area (Å²) in [6, 6.07) is 5.89. The summed E-state index contributed by atoms with van der Waals surface area (Å²) in [6.07, 6.45) is 1.59. The number of nitriles is 1. The summed E-state index contributed by atoms with van der Waals surface area (Å²) in [5, 5.41) is 9.91. The van der Waals surface area contributed by atoms with Crippen LogP contribution in [-0.4, -0.2) is 16.6 Å². The van der Waals surface area contributed by atoms with Crippen LogP contribution in [0.1, 0.15) is 29.8 Å². The van der Waals surface area contributed by atoms with Gasteiger partial charge in [-0.2, -0.15) is 5.26 Å². The fourth-order valence-electron chi connectivity index (χ4n) is 2.66. The zero-order chi connectivity index (χ0) is 15.0. The summed E-state index contributed by atoms with van der Waals surface area (Å²) in [4.78, 5) is 19.5. The van der Waals surface area contributed by atoms with Crippen molar-refractivity contribution >= 4 is 16.5 Å². The molecular formula is C16H15N3O2. The number of aryl methyl sites for hydroxylation is 2. The maximum atomic E-state index is 12.3. The first-order valence-electron chi connectivity index (χ1n) is 6.88. The molecule has 1 aromatic heterocycles. The predicted molar refractivity (Wildman–Crippen MR) is 79.6 cm³/mol. The van der Waals surface area contributed by atoms with E-state index in [2.05, 4.69) is 16.0 Å². The van der Waals surface area contributed by atoms with Crippen molar-refractivity contribution in [3.63, 3.8) is 0 Å². The number of rotatable bonds is 1. The van der Waals surface area contributed by atoms with Gasteiger partial charge in [0.2, 0.25) is 0 Å². The molecule has 21 heavy (non-hydrogen) atoms. The quantitative estimate of drug-likeness (QED) is 0.815. The lowest BCUT2D eigenvalue weighted by Crippen LogP contribution is -2.13. The first-order chi connectivity index (χ1) is 10.1. The van der Waals surface area contributed by atoms with E-state index in [1.165, 1.54) is 0 Å². The highest BCUT2D eigenvalue weighted by atomic mass is 16.5. The van der Waals surface area contributed by atoms with Crippen molar-refractivity contribution in [3.8, 4) is 6.07 Å². The third-order valence-electron chi connectivity index (χ3n) is 3.60. The first kappa shape index (κ1) is 13.4. The van der Waals surface area contributed by atoms with Crippen LogP contribution in [0.25, 0.3) is 16.5 Å². The molecule has 1 aliphatic rings. The molecule has 1 aromatic carbocycles. The summed E-state index contributed by atoms with van der Waals surface area (Å²) in [6.45, 7) is 4.46. The van der Waals surface area contributed by atoms with Crippen molar-refractivity contribution in [1.29, 1.82) is 5.26 Å². The molecule has 0 radical (unpaired) electrons. The van der Waals surface area contributed by atoms with Gasteiger partial charge in [-0.3, -0.25) is 4.79 Å². The van der Waals surface area contributed by atoms with E-state index < -0.39 is 0 Å². The Labute approximate surface area is 121 Å². The van der Waals surface area contributed by atoms with Crippen LogP contribution in [0, 0.1) is 25.2 Å². The molecule has 0 amide bonds. The predicted octanol–water partition coefficient (Wildman–Crippen LogP) is 2.59. The molecular weight excluding hydrogens is 266 g/mol. The normalized spacial score (nSPS) is 16.6. The third-order valence-corrected chi connectivity index (χ3v) is 3.60. The topological polar surface area (TPSA) is 78.8 Å². The number of aromatic amines is 1. The zero-order valence-corrected chi connectivity index (χ0v) is 12.0. The van der Waals surface area contributed by atoms with Crippen LogP contribution in [0.3, 0.4) is 0 Å². The van der Waals surface area contributed by atoms with Gasteiger partial charge >= 0.3 is 0 Å². The number of hydrogen-bond donors (Lipinski definition) is 1. The summed E-state index contributed by atoms with van der Waals surface area (Å²) < 4.78 is 5.46. The van der Waals surface area contributed by atoms with E-state index in [9.17, 15) is 10.1 Å². The number of allylic oxidation sites excluding steroid dienone is 2. The lowest BCUT2D eigenvalue weighted by molar-refractivity contribution is 0.265. The minimum atomic E-state index is -0.229. The molecule has 0 unspecified atom stereocenters. The van der Waals surface area contributed by atoms with Crippen molar-refractivity contribution in [2.75, 3.05) is 6.61 Å². The number of ether oxygens (including phenoxy) is 1. The SMILES string of the molecule is Cc1cc(C)c2nc(/C(C#N)=C3\CCCO3)[nH]c(=O)c2c1. The highest BCUT2D eigenvalue weighted by Gasteiger charge is 2.18. The minimum absolute atomic E-state index is 0.229. The second-order valence-corrected chi connectivity index (χ2v) is 5.25. The van der Waals surface area contributed by atoms with Gasteiger partial charge < -0.3 is 9.72 Å². The van der Waals surface area contributed by atoms with Gasteiger partial charge in [0.15, 0.2) is 5.82 Å². The fraction of sp³-hybridized carbons (Fsp3) is 0.312. The number of benzene rings is 1. The minimum Gasteiger partial charge on any atom is -0.496 e. The Balaban J connectivity index is 2.29. The second-order valence-electron chi connectivity index (χ2n) is 5.25. The Morgan fingerprint density at radius 1 is 1.43 bits per heavy atom. The van der Waals surface area contributed by atoms with Gasteiger partial charge in [-0.15, -0.1) is 0 Å².